The molecule has 28 heavy (non-hydrogen) atoms. The predicted molar refractivity (Wildman–Crippen MR) is 116 cm³/mol. The van der Waals surface area contributed by atoms with Gasteiger partial charge < -0.3 is 5.32 Å². The van der Waals surface area contributed by atoms with Gasteiger partial charge in [0.15, 0.2) is 5.16 Å². The van der Waals surface area contributed by atoms with E-state index in [0.29, 0.717) is 21.4 Å². The van der Waals surface area contributed by atoms with E-state index in [1.165, 1.54) is 41.5 Å². The van der Waals surface area contributed by atoms with Crippen LogP contribution in [0.3, 0.4) is 0 Å². The van der Waals surface area contributed by atoms with Gasteiger partial charge in [-0.25, -0.2) is 4.98 Å². The molecule has 3 aromatic rings. The van der Waals surface area contributed by atoms with E-state index in [-0.39, 0.29) is 17.2 Å². The van der Waals surface area contributed by atoms with Crippen molar-refractivity contribution in [3.63, 3.8) is 0 Å². The quantitative estimate of drug-likeness (QED) is 0.503. The number of thiophene rings is 1. The lowest BCUT2D eigenvalue weighted by Crippen LogP contribution is -2.34. The zero-order chi connectivity index (χ0) is 19.7. The first-order chi connectivity index (χ1) is 13.5. The van der Waals surface area contributed by atoms with Crippen LogP contribution >= 0.6 is 23.1 Å². The molecule has 0 unspecified atom stereocenters. The second-order valence-electron chi connectivity index (χ2n) is 7.28. The molecule has 2 aromatic heterocycles. The molecule has 0 saturated heterocycles. The number of benzene rings is 1. The normalized spacial score (nSPS) is 14.6. The summed E-state index contributed by atoms with van der Waals surface area (Å²) in [4.78, 5) is 30.2. The van der Waals surface area contributed by atoms with Crippen LogP contribution in [0.5, 0.6) is 0 Å². The molecule has 0 bridgehead atoms. The molecule has 2 heterocycles. The van der Waals surface area contributed by atoms with Crippen molar-refractivity contribution in [3.8, 4) is 5.69 Å². The first-order valence-electron chi connectivity index (χ1n) is 9.53. The maximum Gasteiger partial charge on any atom is 0.276 e. The van der Waals surface area contributed by atoms with Gasteiger partial charge in [0.2, 0.25) is 5.91 Å². The molecule has 0 aliphatic heterocycles. The van der Waals surface area contributed by atoms with Gasteiger partial charge in [0.05, 0.1) is 17.0 Å². The number of amides is 1. The van der Waals surface area contributed by atoms with E-state index in [2.05, 4.69) is 10.3 Å². The molecule has 1 saturated carbocycles. The van der Waals surface area contributed by atoms with Crippen molar-refractivity contribution in [1.82, 2.24) is 14.9 Å². The highest BCUT2D eigenvalue weighted by Gasteiger charge is 2.19. The summed E-state index contributed by atoms with van der Waals surface area (Å²) in [6.45, 7) is 4.08. The Morgan fingerprint density at radius 3 is 2.79 bits per heavy atom. The van der Waals surface area contributed by atoms with Crippen molar-refractivity contribution in [1.29, 1.82) is 0 Å². The molecule has 4 rings (SSSR count). The van der Waals surface area contributed by atoms with Gasteiger partial charge in [0.25, 0.3) is 5.56 Å². The molecule has 1 N–H and O–H groups in total. The van der Waals surface area contributed by atoms with E-state index in [1.54, 1.807) is 4.57 Å². The van der Waals surface area contributed by atoms with E-state index < -0.39 is 0 Å². The van der Waals surface area contributed by atoms with Crippen molar-refractivity contribution in [2.24, 2.45) is 0 Å². The van der Waals surface area contributed by atoms with Crippen molar-refractivity contribution >= 4 is 39.2 Å². The number of rotatable bonds is 5. The Balaban J connectivity index is 1.67. The molecule has 0 radical (unpaired) electrons. The number of aromatic nitrogens is 2. The molecular weight excluding hydrogens is 390 g/mol. The largest absolute Gasteiger partial charge is 0.353 e. The molecule has 7 heteroatoms. The maximum atomic E-state index is 13.1. The number of hydrogen-bond donors (Lipinski definition) is 1. The van der Waals surface area contributed by atoms with Gasteiger partial charge in [-0.3, -0.25) is 14.2 Å². The zero-order valence-corrected chi connectivity index (χ0v) is 17.7. The number of nitrogens with one attached hydrogen (secondary N) is 1. The Hall–Kier alpha value is -2.12. The minimum Gasteiger partial charge on any atom is -0.353 e. The highest BCUT2D eigenvalue weighted by atomic mass is 32.2. The van der Waals surface area contributed by atoms with E-state index >= 15 is 0 Å². The highest BCUT2D eigenvalue weighted by molar-refractivity contribution is 7.99. The van der Waals surface area contributed by atoms with E-state index in [4.69, 9.17) is 0 Å². The molecule has 0 spiro atoms. The molecular formula is C21H23N3O2S2. The molecule has 146 valence electrons. The Kier molecular flexibility index (Phi) is 5.55. The SMILES string of the molecule is Cc1ccc(-n2c(SCC(=O)NC3CCCC3)nc3ccsc3c2=O)cc1C. The van der Waals surface area contributed by atoms with Crippen LogP contribution in [0.4, 0.5) is 0 Å². The van der Waals surface area contributed by atoms with Crippen LogP contribution in [-0.4, -0.2) is 27.3 Å². The number of fused-ring (bicyclic) bond motifs is 1. The summed E-state index contributed by atoms with van der Waals surface area (Å²) in [5.41, 5.74) is 3.68. The Morgan fingerprint density at radius 2 is 2.04 bits per heavy atom. The van der Waals surface area contributed by atoms with Crippen molar-refractivity contribution in [2.75, 3.05) is 5.75 Å². The average molecular weight is 414 g/mol. The number of carbonyl (C=O) groups excluding carboxylic acids is 1. The lowest BCUT2D eigenvalue weighted by Gasteiger charge is -2.14. The van der Waals surface area contributed by atoms with Gasteiger partial charge in [-0.2, -0.15) is 0 Å². The summed E-state index contributed by atoms with van der Waals surface area (Å²) in [6, 6.07) is 8.10. The van der Waals surface area contributed by atoms with Crippen LogP contribution in [0.25, 0.3) is 15.9 Å². The summed E-state index contributed by atoms with van der Waals surface area (Å²) in [6.07, 6.45) is 4.48. The Morgan fingerprint density at radius 1 is 1.25 bits per heavy atom. The van der Waals surface area contributed by atoms with Crippen molar-refractivity contribution < 1.29 is 4.79 Å². The average Bonchev–Trinajstić information content (AvgIpc) is 3.34. The van der Waals surface area contributed by atoms with Gasteiger partial charge in [-0.1, -0.05) is 30.7 Å². The van der Waals surface area contributed by atoms with Crippen LogP contribution in [0, 0.1) is 13.8 Å². The summed E-state index contributed by atoms with van der Waals surface area (Å²) < 4.78 is 2.27. The number of carbonyl (C=O) groups is 1. The third-order valence-corrected chi connectivity index (χ3v) is 7.08. The van der Waals surface area contributed by atoms with Crippen molar-refractivity contribution in [3.05, 3.63) is 51.1 Å². The topological polar surface area (TPSA) is 64.0 Å². The number of hydrogen-bond acceptors (Lipinski definition) is 5. The predicted octanol–water partition coefficient (Wildman–Crippen LogP) is 4.21. The van der Waals surface area contributed by atoms with Gasteiger partial charge in [-0.05, 0) is 61.4 Å². The minimum atomic E-state index is -0.0815. The van der Waals surface area contributed by atoms with Gasteiger partial charge in [0, 0.05) is 6.04 Å². The fraction of sp³-hybridized carbons (Fsp3) is 0.381. The number of nitrogens with zero attached hydrogens (tertiary/aromatic N) is 2. The summed E-state index contributed by atoms with van der Waals surface area (Å²) in [5.74, 6) is 0.256. The van der Waals surface area contributed by atoms with E-state index in [0.717, 1.165) is 24.1 Å². The minimum absolute atomic E-state index is 0.00296. The summed E-state index contributed by atoms with van der Waals surface area (Å²) in [7, 11) is 0. The Labute approximate surface area is 172 Å². The highest BCUT2D eigenvalue weighted by Crippen LogP contribution is 2.25. The standard InChI is InChI=1S/C21H23N3O2S2/c1-13-7-8-16(11-14(13)2)24-20(26)19-17(9-10-27-19)23-21(24)28-12-18(25)22-15-5-3-4-6-15/h7-11,15H,3-6,12H2,1-2H3,(H,22,25). The van der Waals surface area contributed by atoms with Crippen molar-refractivity contribution in [2.45, 2.75) is 50.7 Å². The van der Waals surface area contributed by atoms with Crippen LogP contribution in [0.15, 0.2) is 39.6 Å². The zero-order valence-electron chi connectivity index (χ0n) is 16.0. The first-order valence-corrected chi connectivity index (χ1v) is 11.4. The molecule has 5 nitrogen and oxygen atoms in total. The van der Waals surface area contributed by atoms with E-state index in [1.807, 2.05) is 43.5 Å². The van der Waals surface area contributed by atoms with Gasteiger partial charge in [0.1, 0.15) is 4.70 Å². The smallest absolute Gasteiger partial charge is 0.276 e. The third kappa shape index (κ3) is 3.86. The van der Waals surface area contributed by atoms with Crippen LogP contribution in [0.1, 0.15) is 36.8 Å². The maximum absolute atomic E-state index is 13.1. The van der Waals surface area contributed by atoms with E-state index in [9.17, 15) is 9.59 Å². The number of aryl methyl sites for hydroxylation is 2. The number of thioether (sulfide) groups is 1. The third-order valence-electron chi connectivity index (χ3n) is 5.25. The molecule has 1 fully saturated rings. The van der Waals surface area contributed by atoms with Crippen LogP contribution in [-0.2, 0) is 4.79 Å². The summed E-state index contributed by atoms with van der Waals surface area (Å²) >= 11 is 2.72. The molecule has 1 aliphatic carbocycles. The first kappa shape index (κ1) is 19.2. The fourth-order valence-electron chi connectivity index (χ4n) is 3.55. The van der Waals surface area contributed by atoms with Gasteiger partial charge >= 0.3 is 0 Å². The Bertz CT molecular complexity index is 1080. The molecule has 1 aliphatic rings. The molecule has 1 aromatic carbocycles. The fourth-order valence-corrected chi connectivity index (χ4v) is 5.13. The van der Waals surface area contributed by atoms with Crippen LogP contribution < -0.4 is 10.9 Å². The summed E-state index contributed by atoms with van der Waals surface area (Å²) in [5, 5.41) is 5.54. The molecule has 1 amide bonds. The van der Waals surface area contributed by atoms with Gasteiger partial charge in [-0.15, -0.1) is 11.3 Å². The second kappa shape index (κ2) is 8.09. The van der Waals surface area contributed by atoms with Crippen LogP contribution in [0.2, 0.25) is 0 Å². The monoisotopic (exact) mass is 413 g/mol. The molecule has 0 atom stereocenters. The lowest BCUT2D eigenvalue weighted by atomic mass is 10.1. The lowest BCUT2D eigenvalue weighted by molar-refractivity contribution is -0.119. The second-order valence-corrected chi connectivity index (χ2v) is 9.13.